The molecule has 0 aromatic carbocycles. The second-order valence-corrected chi connectivity index (χ2v) is 9.59. The first-order valence-electron chi connectivity index (χ1n) is 12.9. The number of allylic oxidation sites excluding steroid dienone is 3. The Morgan fingerprint density at radius 1 is 1.24 bits per heavy atom. The van der Waals surface area contributed by atoms with Gasteiger partial charge in [-0.3, -0.25) is 9.78 Å². The van der Waals surface area contributed by atoms with Crippen molar-refractivity contribution in [2.75, 3.05) is 32.8 Å². The zero-order valence-corrected chi connectivity index (χ0v) is 21.8. The Bertz CT molecular complexity index is 1450. The molecular weight excluding hydrogens is 478 g/mol. The molecule has 1 aliphatic carbocycles. The smallest absolute Gasteiger partial charge is 0.234 e. The van der Waals surface area contributed by atoms with E-state index in [4.69, 9.17) is 4.74 Å². The number of carbonyl (C=O) groups is 1. The van der Waals surface area contributed by atoms with Crippen LogP contribution in [0.4, 0.5) is 0 Å². The summed E-state index contributed by atoms with van der Waals surface area (Å²) in [5, 5.41) is 13.9. The number of pyridine rings is 2. The molecule has 38 heavy (non-hydrogen) atoms. The predicted octanol–water partition coefficient (Wildman–Crippen LogP) is 3.82. The molecule has 0 unspecified atom stereocenters. The molecule has 9 nitrogen and oxygen atoms in total. The number of aromatic nitrogens is 3. The van der Waals surface area contributed by atoms with Crippen LogP contribution >= 0.6 is 0 Å². The molecule has 0 spiro atoms. The maximum Gasteiger partial charge on any atom is 0.234 e. The van der Waals surface area contributed by atoms with Crippen molar-refractivity contribution in [3.63, 3.8) is 0 Å². The third-order valence-electron chi connectivity index (χ3n) is 7.29. The Balaban J connectivity index is 1.32. The molecule has 3 aromatic heterocycles. The quantitative estimate of drug-likeness (QED) is 0.338. The summed E-state index contributed by atoms with van der Waals surface area (Å²) >= 11 is 0. The maximum atomic E-state index is 13.4. The van der Waals surface area contributed by atoms with Gasteiger partial charge in [0.25, 0.3) is 0 Å². The summed E-state index contributed by atoms with van der Waals surface area (Å²) in [4.78, 5) is 26.2. The predicted molar refractivity (Wildman–Crippen MR) is 146 cm³/mol. The molecule has 9 heteroatoms. The Kier molecular flexibility index (Phi) is 6.97. The first-order chi connectivity index (χ1) is 18.5. The Hall–Kier alpha value is -4.45. The molecule has 1 amide bonds. The number of amides is 1. The van der Waals surface area contributed by atoms with Crippen LogP contribution in [-0.4, -0.2) is 69.8 Å². The molecule has 0 atom stereocenters. The molecule has 4 heterocycles. The molecular formula is C29H31N7O2. The zero-order valence-electron chi connectivity index (χ0n) is 21.8. The van der Waals surface area contributed by atoms with Crippen molar-refractivity contribution in [3.8, 4) is 11.8 Å². The number of nitriles is 1. The Morgan fingerprint density at radius 2 is 2.00 bits per heavy atom. The van der Waals surface area contributed by atoms with E-state index in [1.54, 1.807) is 23.1 Å². The van der Waals surface area contributed by atoms with Gasteiger partial charge in [0.05, 0.1) is 41.2 Å². The second-order valence-electron chi connectivity index (χ2n) is 9.59. The van der Waals surface area contributed by atoms with Gasteiger partial charge >= 0.3 is 0 Å². The fourth-order valence-corrected chi connectivity index (χ4v) is 5.06. The highest BCUT2D eigenvalue weighted by atomic mass is 16.5. The van der Waals surface area contributed by atoms with Crippen LogP contribution in [0.1, 0.15) is 43.5 Å². The molecule has 2 fully saturated rings. The van der Waals surface area contributed by atoms with Crippen molar-refractivity contribution in [1.29, 1.82) is 5.26 Å². The van der Waals surface area contributed by atoms with E-state index in [0.29, 0.717) is 44.1 Å². The fraction of sp³-hybridized carbons (Fsp3) is 0.345. The van der Waals surface area contributed by atoms with E-state index in [2.05, 4.69) is 32.8 Å². The third-order valence-corrected chi connectivity index (χ3v) is 7.29. The maximum absolute atomic E-state index is 13.4. The largest absolute Gasteiger partial charge is 0.492 e. The summed E-state index contributed by atoms with van der Waals surface area (Å²) in [5.41, 5.74) is 3.47. The fourth-order valence-electron chi connectivity index (χ4n) is 5.06. The molecule has 2 aliphatic rings. The van der Waals surface area contributed by atoms with Crippen LogP contribution in [0.15, 0.2) is 65.8 Å². The number of rotatable bonds is 8. The van der Waals surface area contributed by atoms with Crippen LogP contribution in [0.3, 0.4) is 0 Å². The van der Waals surface area contributed by atoms with Gasteiger partial charge < -0.3 is 14.5 Å². The second kappa shape index (κ2) is 10.5. The molecule has 1 saturated carbocycles. The number of hydrogen-bond acceptors (Lipinski definition) is 7. The number of hydrogen-bond donors (Lipinski definition) is 0. The lowest BCUT2D eigenvalue weighted by molar-refractivity contribution is -0.135. The van der Waals surface area contributed by atoms with Crippen LogP contribution in [-0.2, 0) is 10.2 Å². The van der Waals surface area contributed by atoms with Gasteiger partial charge in [-0.15, -0.1) is 0 Å². The first-order valence-corrected chi connectivity index (χ1v) is 12.9. The van der Waals surface area contributed by atoms with Gasteiger partial charge in [0.15, 0.2) is 0 Å². The van der Waals surface area contributed by atoms with Gasteiger partial charge in [-0.2, -0.15) is 10.4 Å². The van der Waals surface area contributed by atoms with E-state index >= 15 is 0 Å². The Labute approximate surface area is 222 Å². The molecule has 5 rings (SSSR count). The Morgan fingerprint density at radius 3 is 2.63 bits per heavy atom. The van der Waals surface area contributed by atoms with Crippen molar-refractivity contribution in [2.24, 2.45) is 4.99 Å². The summed E-state index contributed by atoms with van der Waals surface area (Å²) in [6, 6.07) is 9.94. The monoisotopic (exact) mass is 509 g/mol. The van der Waals surface area contributed by atoms with Crippen LogP contribution in [0.25, 0.3) is 11.1 Å². The highest BCUT2D eigenvalue weighted by Gasteiger charge is 2.54. The van der Waals surface area contributed by atoms with Crippen LogP contribution in [0.5, 0.6) is 5.75 Å². The summed E-state index contributed by atoms with van der Waals surface area (Å²) < 4.78 is 7.40. The van der Waals surface area contributed by atoms with Crippen LogP contribution in [0.2, 0.25) is 0 Å². The highest BCUT2D eigenvalue weighted by Crippen LogP contribution is 2.48. The molecule has 194 valence electrons. The SMILES string of the molecule is C=N/C(=C\C=C(/C)c1cc(OCC)cn2ncc(C#N)c12)N1CCN(C(=O)C2(c3ccccn3)CC2)CC1. The topological polar surface area (TPSA) is 99.1 Å². The van der Waals surface area contributed by atoms with Crippen LogP contribution in [0, 0.1) is 11.3 Å². The van der Waals surface area contributed by atoms with Gasteiger partial charge in [-0.05, 0) is 63.3 Å². The molecule has 0 bridgehead atoms. The molecule has 0 radical (unpaired) electrons. The standard InChI is InChI=1S/C29H31N7O2/c1-4-38-23-17-24(27-22(18-30)19-33-36(27)20-23)21(2)8-9-26(31-3)34-13-15-35(16-14-34)28(37)29(10-11-29)25-7-5-6-12-32-25/h5-9,12,17,19-20H,3-4,10-11,13-16H2,1-2H3/b21-8+,26-9+. The molecule has 1 saturated heterocycles. The number of ether oxygens (including phenoxy) is 1. The number of piperazine rings is 1. The van der Waals surface area contributed by atoms with Gasteiger partial charge in [-0.25, -0.2) is 9.51 Å². The average Bonchev–Trinajstić information content (AvgIpc) is 3.67. The lowest BCUT2D eigenvalue weighted by Gasteiger charge is -2.37. The average molecular weight is 510 g/mol. The normalized spacial score (nSPS) is 17.3. The number of nitrogens with zero attached hydrogens (tertiary/aromatic N) is 7. The summed E-state index contributed by atoms with van der Waals surface area (Å²) in [7, 11) is 0. The zero-order chi connectivity index (χ0) is 26.7. The van der Waals surface area contributed by atoms with Crippen molar-refractivity contribution in [3.05, 3.63) is 77.6 Å². The minimum Gasteiger partial charge on any atom is -0.492 e. The van der Waals surface area contributed by atoms with E-state index < -0.39 is 5.41 Å². The van der Waals surface area contributed by atoms with E-state index in [0.717, 1.165) is 41.0 Å². The molecule has 1 aliphatic heterocycles. The van der Waals surface area contributed by atoms with E-state index in [1.807, 2.05) is 55.2 Å². The highest BCUT2D eigenvalue weighted by molar-refractivity contribution is 5.91. The number of carbonyl (C=O) groups excluding carboxylic acids is 1. The van der Waals surface area contributed by atoms with Crippen LogP contribution < -0.4 is 4.74 Å². The van der Waals surface area contributed by atoms with Gasteiger partial charge in [0, 0.05) is 37.9 Å². The van der Waals surface area contributed by atoms with Crippen molar-refractivity contribution < 1.29 is 9.53 Å². The lowest BCUT2D eigenvalue weighted by atomic mass is 9.99. The lowest BCUT2D eigenvalue weighted by Crippen LogP contribution is -2.51. The van der Waals surface area contributed by atoms with E-state index in [-0.39, 0.29) is 5.91 Å². The van der Waals surface area contributed by atoms with E-state index in [9.17, 15) is 10.1 Å². The minimum absolute atomic E-state index is 0.177. The van der Waals surface area contributed by atoms with Crippen molar-refractivity contribution in [2.45, 2.75) is 32.1 Å². The first kappa shape index (κ1) is 25.2. The molecule has 0 N–H and O–H groups in total. The minimum atomic E-state index is -0.448. The van der Waals surface area contributed by atoms with Crippen molar-refractivity contribution >= 4 is 23.7 Å². The summed E-state index contributed by atoms with van der Waals surface area (Å²) in [6.07, 6.45) is 10.7. The number of aliphatic imine (C=N–C) groups is 1. The molecule has 3 aromatic rings. The summed E-state index contributed by atoms with van der Waals surface area (Å²) in [5.74, 6) is 1.60. The van der Waals surface area contributed by atoms with Gasteiger partial charge in [0.1, 0.15) is 17.6 Å². The summed E-state index contributed by atoms with van der Waals surface area (Å²) in [6.45, 7) is 10.8. The third kappa shape index (κ3) is 4.65. The van der Waals surface area contributed by atoms with Crippen molar-refractivity contribution in [1.82, 2.24) is 24.4 Å². The van der Waals surface area contributed by atoms with E-state index in [1.165, 1.54) is 0 Å². The van der Waals surface area contributed by atoms with Gasteiger partial charge in [0.2, 0.25) is 5.91 Å². The number of fused-ring (bicyclic) bond motifs is 1. The van der Waals surface area contributed by atoms with Gasteiger partial charge in [-0.1, -0.05) is 12.1 Å².